The number of morpholine rings is 1. The highest BCUT2D eigenvalue weighted by Gasteiger charge is 2.45. The highest BCUT2D eigenvalue weighted by molar-refractivity contribution is 6.00. The lowest BCUT2D eigenvalue weighted by atomic mass is 10.1. The third kappa shape index (κ3) is 5.26. The highest BCUT2D eigenvalue weighted by atomic mass is 16.6. The number of esters is 2. The molecule has 0 spiro atoms. The summed E-state index contributed by atoms with van der Waals surface area (Å²) in [7, 11) is 0. The van der Waals surface area contributed by atoms with Crippen LogP contribution >= 0.6 is 0 Å². The summed E-state index contributed by atoms with van der Waals surface area (Å²) in [6.45, 7) is 8.44. The lowest BCUT2D eigenvalue weighted by Gasteiger charge is -2.34. The van der Waals surface area contributed by atoms with Crippen LogP contribution in [0.4, 0.5) is 5.82 Å². The van der Waals surface area contributed by atoms with E-state index in [9.17, 15) is 14.4 Å². The van der Waals surface area contributed by atoms with E-state index in [1.165, 1.54) is 4.90 Å². The van der Waals surface area contributed by atoms with Crippen LogP contribution in [-0.4, -0.2) is 63.6 Å². The van der Waals surface area contributed by atoms with E-state index in [2.05, 4.69) is 10.1 Å². The fraction of sp³-hybridized carbons (Fsp3) is 0.476. The average Bonchev–Trinajstić information content (AvgIpc) is 3.07. The fourth-order valence-corrected chi connectivity index (χ4v) is 3.16. The van der Waals surface area contributed by atoms with Crippen molar-refractivity contribution in [1.29, 1.82) is 0 Å². The quantitative estimate of drug-likeness (QED) is 0.657. The maximum atomic E-state index is 13.2. The molecular formula is C21H26N4O6. The minimum atomic E-state index is -1.52. The first-order valence-electron chi connectivity index (χ1n) is 9.87. The van der Waals surface area contributed by atoms with Gasteiger partial charge in [0.05, 0.1) is 18.8 Å². The molecule has 2 aromatic heterocycles. The number of anilines is 1. The molecule has 10 nitrogen and oxygen atoms in total. The summed E-state index contributed by atoms with van der Waals surface area (Å²) in [6, 6.07) is 5.36. The SMILES string of the molecule is CC(=O)O[C@@H](C(=O)OC(C)(C)C)[C@H]1OCCN(c2cc(C)n(-c3ccncc3)n2)C1=O. The predicted molar refractivity (Wildman–Crippen MR) is 110 cm³/mol. The van der Waals surface area contributed by atoms with Crippen LogP contribution in [0.1, 0.15) is 33.4 Å². The van der Waals surface area contributed by atoms with Crippen LogP contribution in [0.25, 0.3) is 5.69 Å². The number of carbonyl (C=O) groups is 3. The van der Waals surface area contributed by atoms with Gasteiger partial charge >= 0.3 is 11.9 Å². The van der Waals surface area contributed by atoms with Gasteiger partial charge in [-0.3, -0.25) is 19.5 Å². The van der Waals surface area contributed by atoms with Crippen LogP contribution in [0.2, 0.25) is 0 Å². The van der Waals surface area contributed by atoms with E-state index in [-0.39, 0.29) is 13.2 Å². The standard InChI is InChI=1S/C21H26N4O6/c1-13-12-16(23-25(13)15-6-8-22-9-7-15)24-10-11-29-17(19(24)27)18(30-14(2)26)20(28)31-21(3,4)5/h6-9,12,17-18H,10-11H2,1-5H3/t17-,18-/m1/s1. The first-order valence-corrected chi connectivity index (χ1v) is 9.87. The summed E-state index contributed by atoms with van der Waals surface area (Å²) in [5, 5.41) is 4.53. The van der Waals surface area contributed by atoms with Crippen molar-refractivity contribution in [3.05, 3.63) is 36.3 Å². The Morgan fingerprint density at radius 2 is 1.94 bits per heavy atom. The largest absolute Gasteiger partial charge is 0.457 e. The zero-order valence-corrected chi connectivity index (χ0v) is 18.2. The molecule has 0 aliphatic carbocycles. The lowest BCUT2D eigenvalue weighted by Crippen LogP contribution is -2.56. The molecule has 0 bridgehead atoms. The van der Waals surface area contributed by atoms with Crippen molar-refractivity contribution in [2.45, 2.75) is 52.4 Å². The fourth-order valence-electron chi connectivity index (χ4n) is 3.16. The van der Waals surface area contributed by atoms with Gasteiger partial charge in [-0.15, -0.1) is 5.10 Å². The minimum absolute atomic E-state index is 0.137. The van der Waals surface area contributed by atoms with Crippen molar-refractivity contribution in [3.63, 3.8) is 0 Å². The molecule has 0 radical (unpaired) electrons. The van der Waals surface area contributed by atoms with Crippen molar-refractivity contribution in [2.24, 2.45) is 0 Å². The second-order valence-corrected chi connectivity index (χ2v) is 8.11. The molecule has 3 rings (SSSR count). The monoisotopic (exact) mass is 430 g/mol. The number of rotatable bonds is 5. The number of hydrogen-bond acceptors (Lipinski definition) is 8. The Labute approximate surface area is 180 Å². The first-order chi connectivity index (χ1) is 14.6. The Morgan fingerprint density at radius 3 is 2.55 bits per heavy atom. The molecule has 10 heteroatoms. The molecule has 1 amide bonds. The summed E-state index contributed by atoms with van der Waals surface area (Å²) >= 11 is 0. The normalized spacial score (nSPS) is 17.9. The van der Waals surface area contributed by atoms with Crippen LogP contribution in [0.3, 0.4) is 0 Å². The van der Waals surface area contributed by atoms with Crippen LogP contribution in [0.15, 0.2) is 30.6 Å². The number of aryl methyl sites for hydroxylation is 1. The van der Waals surface area contributed by atoms with E-state index in [1.807, 2.05) is 6.92 Å². The Balaban J connectivity index is 1.87. The van der Waals surface area contributed by atoms with Gasteiger partial charge in [-0.1, -0.05) is 0 Å². The number of aromatic nitrogens is 3. The molecule has 31 heavy (non-hydrogen) atoms. The third-order valence-electron chi connectivity index (χ3n) is 4.39. The molecule has 1 aliphatic heterocycles. The van der Waals surface area contributed by atoms with Gasteiger partial charge < -0.3 is 14.2 Å². The summed E-state index contributed by atoms with van der Waals surface area (Å²) in [5.74, 6) is -1.70. The molecule has 2 aromatic rings. The molecule has 0 saturated carbocycles. The molecule has 0 N–H and O–H groups in total. The van der Waals surface area contributed by atoms with Crippen molar-refractivity contribution < 1.29 is 28.6 Å². The number of amides is 1. The van der Waals surface area contributed by atoms with Crippen molar-refractivity contribution in [1.82, 2.24) is 14.8 Å². The van der Waals surface area contributed by atoms with Crippen molar-refractivity contribution in [2.75, 3.05) is 18.1 Å². The van der Waals surface area contributed by atoms with Gasteiger partial charge in [0.15, 0.2) is 11.9 Å². The third-order valence-corrected chi connectivity index (χ3v) is 4.39. The van der Waals surface area contributed by atoms with Crippen molar-refractivity contribution in [3.8, 4) is 5.69 Å². The number of ether oxygens (including phenoxy) is 3. The van der Waals surface area contributed by atoms with Gasteiger partial charge in [-0.05, 0) is 39.8 Å². The second-order valence-electron chi connectivity index (χ2n) is 8.11. The maximum Gasteiger partial charge on any atom is 0.351 e. The van der Waals surface area contributed by atoms with Gasteiger partial charge in [-0.2, -0.15) is 0 Å². The molecule has 0 unspecified atom stereocenters. The van der Waals surface area contributed by atoms with Crippen LogP contribution < -0.4 is 4.90 Å². The van der Waals surface area contributed by atoms with Gasteiger partial charge in [0, 0.05) is 31.1 Å². The van der Waals surface area contributed by atoms with E-state index in [0.717, 1.165) is 18.3 Å². The van der Waals surface area contributed by atoms with Crippen LogP contribution in [0.5, 0.6) is 0 Å². The van der Waals surface area contributed by atoms with E-state index in [0.29, 0.717) is 5.82 Å². The second kappa shape index (κ2) is 8.84. The summed E-state index contributed by atoms with van der Waals surface area (Å²) < 4.78 is 17.7. The summed E-state index contributed by atoms with van der Waals surface area (Å²) in [4.78, 5) is 42.9. The number of hydrogen-bond donors (Lipinski definition) is 0. The lowest BCUT2D eigenvalue weighted by molar-refractivity contribution is -0.188. The molecule has 1 fully saturated rings. The van der Waals surface area contributed by atoms with Crippen LogP contribution in [-0.2, 0) is 28.6 Å². The van der Waals surface area contributed by atoms with Gasteiger partial charge in [0.25, 0.3) is 5.91 Å². The van der Waals surface area contributed by atoms with E-state index in [4.69, 9.17) is 14.2 Å². The Kier molecular flexibility index (Phi) is 6.40. The van der Waals surface area contributed by atoms with Gasteiger partial charge in [0.2, 0.25) is 6.10 Å². The summed E-state index contributed by atoms with van der Waals surface area (Å²) in [6.07, 6.45) is 0.446. The Bertz CT molecular complexity index is 966. The zero-order chi connectivity index (χ0) is 22.8. The molecular weight excluding hydrogens is 404 g/mol. The molecule has 1 aliphatic rings. The summed E-state index contributed by atoms with van der Waals surface area (Å²) in [5.41, 5.74) is 0.774. The van der Waals surface area contributed by atoms with E-state index < -0.39 is 35.7 Å². The predicted octanol–water partition coefficient (Wildman–Crippen LogP) is 1.58. The maximum absolute atomic E-state index is 13.2. The number of pyridine rings is 1. The topological polar surface area (TPSA) is 113 Å². The zero-order valence-electron chi connectivity index (χ0n) is 18.2. The first kappa shape index (κ1) is 22.4. The smallest absolute Gasteiger partial charge is 0.351 e. The van der Waals surface area contributed by atoms with E-state index in [1.54, 1.807) is 56.0 Å². The Hall–Kier alpha value is -3.27. The molecule has 166 valence electrons. The molecule has 2 atom stereocenters. The average molecular weight is 430 g/mol. The number of nitrogens with zero attached hydrogens (tertiary/aromatic N) is 4. The Morgan fingerprint density at radius 1 is 1.26 bits per heavy atom. The van der Waals surface area contributed by atoms with Crippen molar-refractivity contribution >= 4 is 23.7 Å². The highest BCUT2D eigenvalue weighted by Crippen LogP contribution is 2.24. The minimum Gasteiger partial charge on any atom is -0.457 e. The van der Waals surface area contributed by atoms with E-state index >= 15 is 0 Å². The van der Waals surface area contributed by atoms with Gasteiger partial charge in [0.1, 0.15) is 5.60 Å². The number of carbonyl (C=O) groups excluding carboxylic acids is 3. The molecule has 3 heterocycles. The van der Waals surface area contributed by atoms with Gasteiger partial charge in [-0.25, -0.2) is 9.48 Å². The molecule has 0 aromatic carbocycles. The molecule has 1 saturated heterocycles. The van der Waals surface area contributed by atoms with Crippen LogP contribution in [0, 0.1) is 6.92 Å².